The van der Waals surface area contributed by atoms with Crippen LogP contribution < -0.4 is 14.8 Å². The lowest BCUT2D eigenvalue weighted by atomic mass is 10.1. The first-order chi connectivity index (χ1) is 12.6. The van der Waals surface area contributed by atoms with Crippen LogP contribution in [-0.4, -0.2) is 31.7 Å². The molecule has 0 saturated carbocycles. The van der Waals surface area contributed by atoms with Gasteiger partial charge in [0.25, 0.3) is 0 Å². The minimum absolute atomic E-state index is 0.236. The van der Waals surface area contributed by atoms with Gasteiger partial charge >= 0.3 is 0 Å². The lowest BCUT2D eigenvalue weighted by Crippen LogP contribution is -2.38. The van der Waals surface area contributed by atoms with E-state index >= 15 is 0 Å². The largest absolute Gasteiger partial charge is 0.454 e. The van der Waals surface area contributed by atoms with Gasteiger partial charge in [0, 0.05) is 32.7 Å². The van der Waals surface area contributed by atoms with Crippen LogP contribution in [-0.2, 0) is 13.1 Å². The summed E-state index contributed by atoms with van der Waals surface area (Å²) in [6, 6.07) is 12.1. The molecule has 134 valence electrons. The average Bonchev–Trinajstić information content (AvgIpc) is 3.11. The molecule has 0 aromatic heterocycles. The van der Waals surface area contributed by atoms with Gasteiger partial charge in [-0.2, -0.15) is 5.26 Å². The number of nitrogens with zero attached hydrogens (tertiary/aromatic N) is 3. The summed E-state index contributed by atoms with van der Waals surface area (Å²) in [4.78, 5) is 6.15. The van der Waals surface area contributed by atoms with Gasteiger partial charge in [-0.15, -0.1) is 0 Å². The Hall–Kier alpha value is -3.27. The van der Waals surface area contributed by atoms with Crippen LogP contribution in [0.25, 0.3) is 0 Å². The molecule has 0 atom stereocenters. The quantitative estimate of drug-likeness (QED) is 0.675. The highest BCUT2D eigenvalue weighted by Crippen LogP contribution is 2.32. The summed E-state index contributed by atoms with van der Waals surface area (Å²) < 4.78 is 24.6. The van der Waals surface area contributed by atoms with E-state index in [0.29, 0.717) is 23.6 Å². The normalized spacial score (nSPS) is 12.6. The van der Waals surface area contributed by atoms with Crippen molar-refractivity contribution < 1.29 is 13.9 Å². The lowest BCUT2D eigenvalue weighted by Gasteiger charge is -2.22. The number of rotatable bonds is 4. The number of nitrogens with one attached hydrogen (secondary N) is 1. The molecule has 1 heterocycles. The van der Waals surface area contributed by atoms with E-state index in [9.17, 15) is 4.39 Å². The molecule has 0 radical (unpaired) electrons. The number of aliphatic imine (C=N–C) groups is 1. The van der Waals surface area contributed by atoms with Gasteiger partial charge in [0.1, 0.15) is 5.82 Å². The van der Waals surface area contributed by atoms with Crippen molar-refractivity contribution in [3.05, 3.63) is 58.9 Å². The van der Waals surface area contributed by atoms with Crippen molar-refractivity contribution in [2.45, 2.75) is 13.1 Å². The van der Waals surface area contributed by atoms with Crippen LogP contribution >= 0.6 is 0 Å². The van der Waals surface area contributed by atoms with Crippen molar-refractivity contribution in [2.24, 2.45) is 4.99 Å². The van der Waals surface area contributed by atoms with Gasteiger partial charge in [0.15, 0.2) is 17.5 Å². The van der Waals surface area contributed by atoms with Gasteiger partial charge in [-0.3, -0.25) is 4.99 Å². The molecule has 0 saturated heterocycles. The van der Waals surface area contributed by atoms with Gasteiger partial charge < -0.3 is 19.7 Å². The van der Waals surface area contributed by atoms with Crippen molar-refractivity contribution in [3.63, 3.8) is 0 Å². The summed E-state index contributed by atoms with van der Waals surface area (Å²) in [6.45, 7) is 1.07. The molecular formula is C19H19FN4O2. The summed E-state index contributed by atoms with van der Waals surface area (Å²) in [5.74, 6) is 1.73. The Morgan fingerprint density at radius 1 is 1.27 bits per heavy atom. The summed E-state index contributed by atoms with van der Waals surface area (Å²) in [6.07, 6.45) is 0. The van der Waals surface area contributed by atoms with E-state index in [0.717, 1.165) is 17.1 Å². The summed E-state index contributed by atoms with van der Waals surface area (Å²) in [5, 5.41) is 12.1. The van der Waals surface area contributed by atoms with Crippen LogP contribution in [0.15, 0.2) is 41.4 Å². The second-order valence-electron chi connectivity index (χ2n) is 5.86. The molecule has 3 rings (SSSR count). The van der Waals surface area contributed by atoms with Gasteiger partial charge in [-0.25, -0.2) is 4.39 Å². The predicted octanol–water partition coefficient (Wildman–Crippen LogP) is 2.63. The van der Waals surface area contributed by atoms with Gasteiger partial charge in [0.2, 0.25) is 6.79 Å². The topological polar surface area (TPSA) is 69.9 Å². The maximum Gasteiger partial charge on any atom is 0.231 e. The molecule has 6 nitrogen and oxygen atoms in total. The molecular weight excluding hydrogens is 335 g/mol. The molecule has 1 N–H and O–H groups in total. The molecule has 0 amide bonds. The zero-order valence-electron chi connectivity index (χ0n) is 14.6. The molecule has 0 aliphatic carbocycles. The molecule has 0 unspecified atom stereocenters. The van der Waals surface area contributed by atoms with Crippen LogP contribution in [0.4, 0.5) is 4.39 Å². The second-order valence-corrected chi connectivity index (χ2v) is 5.86. The highest BCUT2D eigenvalue weighted by Gasteiger charge is 2.15. The Morgan fingerprint density at radius 2 is 2.08 bits per heavy atom. The highest BCUT2D eigenvalue weighted by molar-refractivity contribution is 5.79. The first-order valence-corrected chi connectivity index (χ1v) is 8.09. The van der Waals surface area contributed by atoms with E-state index in [2.05, 4.69) is 10.3 Å². The van der Waals surface area contributed by atoms with Crippen molar-refractivity contribution in [1.82, 2.24) is 10.2 Å². The monoisotopic (exact) mass is 354 g/mol. The minimum atomic E-state index is -0.356. The van der Waals surface area contributed by atoms with E-state index in [4.69, 9.17) is 14.7 Å². The van der Waals surface area contributed by atoms with E-state index in [1.54, 1.807) is 7.05 Å². The Morgan fingerprint density at radius 3 is 2.85 bits per heavy atom. The summed E-state index contributed by atoms with van der Waals surface area (Å²) >= 11 is 0. The molecule has 26 heavy (non-hydrogen) atoms. The Kier molecular flexibility index (Phi) is 5.23. The van der Waals surface area contributed by atoms with Crippen LogP contribution in [0.1, 0.15) is 16.7 Å². The fraction of sp³-hybridized carbons (Fsp3) is 0.263. The molecule has 2 aromatic carbocycles. The molecule has 0 spiro atoms. The van der Waals surface area contributed by atoms with Crippen molar-refractivity contribution in [3.8, 4) is 17.6 Å². The van der Waals surface area contributed by atoms with Crippen LogP contribution in [0.2, 0.25) is 0 Å². The van der Waals surface area contributed by atoms with Crippen LogP contribution in [0, 0.1) is 17.1 Å². The number of ether oxygens (including phenoxy) is 2. The van der Waals surface area contributed by atoms with E-state index in [1.165, 1.54) is 18.2 Å². The first-order valence-electron chi connectivity index (χ1n) is 8.09. The number of fused-ring (bicyclic) bond motifs is 1. The van der Waals surface area contributed by atoms with Gasteiger partial charge in [-0.1, -0.05) is 6.07 Å². The maximum absolute atomic E-state index is 13.9. The number of guanidine groups is 1. The summed E-state index contributed by atoms with van der Waals surface area (Å²) in [7, 11) is 3.56. The third-order valence-electron chi connectivity index (χ3n) is 4.04. The van der Waals surface area contributed by atoms with E-state index < -0.39 is 0 Å². The smallest absolute Gasteiger partial charge is 0.231 e. The first kappa shape index (κ1) is 17.5. The molecule has 0 fully saturated rings. The van der Waals surface area contributed by atoms with E-state index in [-0.39, 0.29) is 19.2 Å². The predicted molar refractivity (Wildman–Crippen MR) is 95.3 cm³/mol. The zero-order valence-corrected chi connectivity index (χ0v) is 14.6. The van der Waals surface area contributed by atoms with Crippen LogP contribution in [0.5, 0.6) is 11.5 Å². The minimum Gasteiger partial charge on any atom is -0.454 e. The van der Waals surface area contributed by atoms with Gasteiger partial charge in [0.05, 0.1) is 11.6 Å². The zero-order chi connectivity index (χ0) is 18.5. The highest BCUT2D eigenvalue weighted by atomic mass is 19.1. The van der Waals surface area contributed by atoms with Crippen molar-refractivity contribution in [2.75, 3.05) is 20.9 Å². The number of hydrogen-bond acceptors (Lipinski definition) is 4. The second kappa shape index (κ2) is 7.74. The number of hydrogen-bond donors (Lipinski definition) is 1. The number of benzene rings is 2. The SMILES string of the molecule is CN=C(NCc1cc(C#N)ccc1F)N(C)Cc1ccc2c(c1)OCO2. The maximum atomic E-state index is 13.9. The number of nitriles is 1. The lowest BCUT2D eigenvalue weighted by molar-refractivity contribution is 0.174. The Bertz CT molecular complexity index is 876. The average molecular weight is 354 g/mol. The van der Waals surface area contributed by atoms with Gasteiger partial charge in [-0.05, 0) is 35.9 Å². The fourth-order valence-electron chi connectivity index (χ4n) is 2.73. The molecule has 0 bridgehead atoms. The van der Waals surface area contributed by atoms with E-state index in [1.807, 2.05) is 36.2 Å². The Balaban J connectivity index is 1.64. The molecule has 1 aliphatic heterocycles. The fourth-order valence-corrected chi connectivity index (χ4v) is 2.73. The molecule has 2 aromatic rings. The number of halogens is 1. The van der Waals surface area contributed by atoms with Crippen molar-refractivity contribution in [1.29, 1.82) is 5.26 Å². The standard InChI is InChI=1S/C19H19FN4O2/c1-22-19(23-10-15-7-13(9-21)3-5-16(15)20)24(2)11-14-4-6-17-18(8-14)26-12-25-17/h3-8H,10-12H2,1-2H3,(H,22,23). The summed E-state index contributed by atoms with van der Waals surface area (Å²) in [5.41, 5.74) is 1.88. The van der Waals surface area contributed by atoms with Crippen LogP contribution in [0.3, 0.4) is 0 Å². The molecule has 7 heteroatoms. The Labute approximate surface area is 151 Å². The van der Waals surface area contributed by atoms with Crippen molar-refractivity contribution >= 4 is 5.96 Å². The third kappa shape index (κ3) is 3.86. The molecule has 1 aliphatic rings. The third-order valence-corrected chi connectivity index (χ3v) is 4.04.